The lowest BCUT2D eigenvalue weighted by Gasteiger charge is -2.23. The van der Waals surface area contributed by atoms with Gasteiger partial charge in [-0.05, 0) is 19.8 Å². The summed E-state index contributed by atoms with van der Waals surface area (Å²) in [6.07, 6.45) is 0. The van der Waals surface area contributed by atoms with E-state index in [1.54, 1.807) is 11.3 Å². The molecule has 1 aromatic rings. The molecule has 2 unspecified atom stereocenters. The van der Waals surface area contributed by atoms with Crippen molar-refractivity contribution < 1.29 is 9.53 Å². The Balaban J connectivity index is 2.74. The van der Waals surface area contributed by atoms with E-state index in [-0.39, 0.29) is 24.0 Å². The van der Waals surface area contributed by atoms with Gasteiger partial charge in [-0.1, -0.05) is 13.8 Å². The highest BCUT2D eigenvalue weighted by Gasteiger charge is 2.25. The van der Waals surface area contributed by atoms with Crippen molar-refractivity contribution in [3.63, 3.8) is 0 Å². The van der Waals surface area contributed by atoms with Gasteiger partial charge in [-0.15, -0.1) is 11.3 Å². The number of hydrogen-bond donors (Lipinski definition) is 1. The molecule has 0 aromatic carbocycles. The summed E-state index contributed by atoms with van der Waals surface area (Å²) in [5.41, 5.74) is 2.84. The number of ether oxygens (including phenoxy) is 1. The van der Waals surface area contributed by atoms with Gasteiger partial charge in [0.2, 0.25) is 0 Å². The van der Waals surface area contributed by atoms with E-state index in [9.17, 15) is 4.79 Å². The quantitative estimate of drug-likeness (QED) is 0.821. The Hall–Kier alpha value is -0.940. The van der Waals surface area contributed by atoms with Crippen molar-refractivity contribution in [3.05, 3.63) is 16.1 Å². The highest BCUT2D eigenvalue weighted by Crippen LogP contribution is 2.22. The molecule has 0 saturated carbocycles. The van der Waals surface area contributed by atoms with Crippen LogP contribution in [0.2, 0.25) is 0 Å². The van der Waals surface area contributed by atoms with Gasteiger partial charge in [0, 0.05) is 10.9 Å². The summed E-state index contributed by atoms with van der Waals surface area (Å²) < 4.78 is 4.81. The van der Waals surface area contributed by atoms with E-state index in [1.165, 1.54) is 12.0 Å². The van der Waals surface area contributed by atoms with Crippen LogP contribution in [0.25, 0.3) is 0 Å². The van der Waals surface area contributed by atoms with Crippen LogP contribution in [0.3, 0.4) is 0 Å². The zero-order valence-corrected chi connectivity index (χ0v) is 11.8. The second-order valence-electron chi connectivity index (χ2n) is 4.44. The molecule has 2 atom stereocenters. The van der Waals surface area contributed by atoms with E-state index in [0.29, 0.717) is 0 Å². The molecule has 0 spiro atoms. The predicted octanol–water partition coefficient (Wildman–Crippen LogP) is 2.30. The summed E-state index contributed by atoms with van der Waals surface area (Å²) in [5.74, 6) is -0.0212. The molecule has 0 aliphatic heterocycles. The minimum atomic E-state index is -0.281. The van der Waals surface area contributed by atoms with Crippen LogP contribution >= 0.6 is 11.3 Å². The van der Waals surface area contributed by atoms with Crippen LogP contribution in [-0.2, 0) is 9.53 Å². The molecule has 0 aliphatic carbocycles. The summed E-state index contributed by atoms with van der Waals surface area (Å²) in [6, 6.07) is -0.175. The first kappa shape index (κ1) is 14.1. The van der Waals surface area contributed by atoms with Gasteiger partial charge >= 0.3 is 5.97 Å². The first-order valence-corrected chi connectivity index (χ1v) is 6.59. The molecule has 1 heterocycles. The lowest BCUT2D eigenvalue weighted by atomic mass is 10.0. The maximum atomic E-state index is 11.6. The Kier molecular flexibility index (Phi) is 5.08. The number of carbonyl (C=O) groups excluding carboxylic acids is 1. The third kappa shape index (κ3) is 3.51. The first-order chi connectivity index (χ1) is 7.97. The molecule has 1 aromatic heterocycles. The molecule has 96 valence electrons. The summed E-state index contributed by atoms with van der Waals surface area (Å²) in [7, 11) is 1.42. The molecule has 0 amide bonds. The highest BCUT2D eigenvalue weighted by atomic mass is 32.1. The Morgan fingerprint density at radius 2 is 2.12 bits per heavy atom. The molecule has 0 aliphatic rings. The van der Waals surface area contributed by atoms with Crippen LogP contribution in [0.15, 0.2) is 5.51 Å². The van der Waals surface area contributed by atoms with Crippen LogP contribution in [0, 0.1) is 12.8 Å². The smallest absolute Gasteiger partial charge is 0.323 e. The summed E-state index contributed by atoms with van der Waals surface area (Å²) in [4.78, 5) is 17.0. The number of nitrogens with one attached hydrogen (secondary N) is 1. The Morgan fingerprint density at radius 1 is 1.47 bits per heavy atom. The third-order valence-electron chi connectivity index (χ3n) is 2.73. The largest absolute Gasteiger partial charge is 0.468 e. The van der Waals surface area contributed by atoms with Crippen LogP contribution in [0.5, 0.6) is 0 Å². The normalized spacial score (nSPS) is 14.7. The van der Waals surface area contributed by atoms with Gasteiger partial charge in [-0.3, -0.25) is 10.1 Å². The summed E-state index contributed by atoms with van der Waals surface area (Å²) in [6.45, 7) is 8.02. The van der Waals surface area contributed by atoms with E-state index >= 15 is 0 Å². The molecule has 17 heavy (non-hydrogen) atoms. The van der Waals surface area contributed by atoms with Crippen molar-refractivity contribution in [2.75, 3.05) is 7.11 Å². The van der Waals surface area contributed by atoms with E-state index in [1.807, 2.05) is 33.2 Å². The van der Waals surface area contributed by atoms with Gasteiger partial charge in [0.05, 0.1) is 18.3 Å². The number of aryl methyl sites for hydroxylation is 1. The molecule has 5 heteroatoms. The molecule has 4 nitrogen and oxygen atoms in total. The lowest BCUT2D eigenvalue weighted by molar-refractivity contribution is -0.144. The predicted molar refractivity (Wildman–Crippen MR) is 69.0 cm³/mol. The second-order valence-corrected chi connectivity index (χ2v) is 5.32. The van der Waals surface area contributed by atoms with Crippen molar-refractivity contribution in [2.24, 2.45) is 5.92 Å². The molecule has 1 rings (SSSR count). The number of aromatic nitrogens is 1. The topological polar surface area (TPSA) is 51.2 Å². The molecule has 1 N–H and O–H groups in total. The van der Waals surface area contributed by atoms with Crippen molar-refractivity contribution in [3.8, 4) is 0 Å². The van der Waals surface area contributed by atoms with Gasteiger partial charge in [-0.25, -0.2) is 4.98 Å². The van der Waals surface area contributed by atoms with Crippen molar-refractivity contribution in [1.29, 1.82) is 0 Å². The Morgan fingerprint density at radius 3 is 2.53 bits per heavy atom. The number of hydrogen-bond acceptors (Lipinski definition) is 5. The van der Waals surface area contributed by atoms with Gasteiger partial charge in [-0.2, -0.15) is 0 Å². The Bertz CT molecular complexity index is 376. The maximum absolute atomic E-state index is 11.6. The first-order valence-electron chi connectivity index (χ1n) is 5.71. The zero-order valence-electron chi connectivity index (χ0n) is 11.0. The van der Waals surface area contributed by atoms with Crippen LogP contribution in [0.1, 0.15) is 37.4 Å². The lowest BCUT2D eigenvalue weighted by Crippen LogP contribution is -2.42. The van der Waals surface area contributed by atoms with Crippen LogP contribution < -0.4 is 5.32 Å². The summed E-state index contributed by atoms with van der Waals surface area (Å²) >= 11 is 1.60. The molecular formula is C12H20N2O2S. The van der Waals surface area contributed by atoms with E-state index in [2.05, 4.69) is 10.3 Å². The third-order valence-corrected chi connectivity index (χ3v) is 3.84. The fraction of sp³-hybridized carbons (Fsp3) is 0.667. The monoisotopic (exact) mass is 256 g/mol. The minimum Gasteiger partial charge on any atom is -0.468 e. The van der Waals surface area contributed by atoms with Crippen LogP contribution in [-0.4, -0.2) is 24.1 Å². The standard InChI is InChI=1S/C12H20N2O2S/c1-7(2)10(12(15)16-5)14-9(4)11-8(3)13-6-17-11/h6-7,9-10,14H,1-5H3. The van der Waals surface area contributed by atoms with Gasteiger partial charge < -0.3 is 4.74 Å². The number of thiazole rings is 1. The Labute approximate surface area is 106 Å². The number of nitrogens with zero attached hydrogens (tertiary/aromatic N) is 1. The SMILES string of the molecule is COC(=O)C(NC(C)c1scnc1C)C(C)C. The van der Waals surface area contributed by atoms with Gasteiger partial charge in [0.15, 0.2) is 0 Å². The minimum absolute atomic E-state index is 0.106. The molecule has 0 saturated heterocycles. The van der Waals surface area contributed by atoms with Crippen molar-refractivity contribution in [1.82, 2.24) is 10.3 Å². The average molecular weight is 256 g/mol. The average Bonchev–Trinajstić information content (AvgIpc) is 2.70. The molecular weight excluding hydrogens is 236 g/mol. The van der Waals surface area contributed by atoms with Crippen molar-refractivity contribution >= 4 is 17.3 Å². The van der Waals surface area contributed by atoms with E-state index in [4.69, 9.17) is 4.74 Å². The fourth-order valence-electron chi connectivity index (χ4n) is 1.73. The van der Waals surface area contributed by atoms with Gasteiger partial charge in [0.1, 0.15) is 6.04 Å². The second kappa shape index (κ2) is 6.12. The molecule has 0 bridgehead atoms. The highest BCUT2D eigenvalue weighted by molar-refractivity contribution is 7.09. The number of methoxy groups -OCH3 is 1. The molecule has 0 radical (unpaired) electrons. The van der Waals surface area contributed by atoms with E-state index < -0.39 is 0 Å². The van der Waals surface area contributed by atoms with Gasteiger partial charge in [0.25, 0.3) is 0 Å². The number of rotatable bonds is 5. The zero-order chi connectivity index (χ0) is 13.0. The fourth-order valence-corrected chi connectivity index (χ4v) is 2.55. The summed E-state index contributed by atoms with van der Waals surface area (Å²) in [5, 5.41) is 3.31. The van der Waals surface area contributed by atoms with Crippen LogP contribution in [0.4, 0.5) is 0 Å². The molecule has 0 fully saturated rings. The maximum Gasteiger partial charge on any atom is 0.323 e. The van der Waals surface area contributed by atoms with E-state index in [0.717, 1.165) is 5.69 Å². The van der Waals surface area contributed by atoms with Crippen molar-refractivity contribution in [2.45, 2.75) is 39.8 Å². The number of carbonyl (C=O) groups is 1. The number of esters is 1.